The minimum Gasteiger partial charge on any atom is -0.484 e. The van der Waals surface area contributed by atoms with Crippen LogP contribution in [0.15, 0.2) is 48.5 Å². The summed E-state index contributed by atoms with van der Waals surface area (Å²) in [5, 5.41) is 0. The largest absolute Gasteiger partial charge is 0.484 e. The van der Waals surface area contributed by atoms with Gasteiger partial charge in [-0.15, -0.1) is 0 Å². The van der Waals surface area contributed by atoms with Crippen LogP contribution >= 0.6 is 0 Å². The maximum Gasteiger partial charge on any atom is 0.260 e. The fraction of sp³-hybridized carbons (Fsp3) is 0.300. The maximum absolute atomic E-state index is 12.4. The van der Waals surface area contributed by atoms with E-state index < -0.39 is 5.91 Å². The van der Waals surface area contributed by atoms with Gasteiger partial charge in [0.25, 0.3) is 5.91 Å². The Bertz CT molecular complexity index is 754. The predicted molar refractivity (Wildman–Crippen MR) is 95.6 cm³/mol. The van der Waals surface area contributed by atoms with E-state index in [1.165, 1.54) is 11.1 Å². The standard InChI is InChI=1S/C20H22N2O3/c1-14-2-4-15(5-3-14)17-10-11-22(12-17)19(23)13-25-18-8-6-16(7-9-18)20(21)24/h2-9,17H,10-13H2,1H3,(H2,21,24). The fourth-order valence-corrected chi connectivity index (χ4v) is 3.05. The SMILES string of the molecule is Cc1ccc(C2CCN(C(=O)COc3ccc(C(N)=O)cc3)C2)cc1. The Morgan fingerprint density at radius 3 is 2.44 bits per heavy atom. The van der Waals surface area contributed by atoms with Crippen LogP contribution in [-0.4, -0.2) is 36.4 Å². The van der Waals surface area contributed by atoms with Gasteiger partial charge in [-0.2, -0.15) is 0 Å². The number of benzene rings is 2. The molecule has 2 aromatic rings. The molecule has 0 aromatic heterocycles. The molecule has 2 aromatic carbocycles. The molecule has 0 aliphatic carbocycles. The molecule has 2 amide bonds. The molecule has 1 saturated heterocycles. The topological polar surface area (TPSA) is 72.6 Å². The molecule has 1 heterocycles. The fourth-order valence-electron chi connectivity index (χ4n) is 3.05. The molecule has 0 spiro atoms. The molecule has 5 heteroatoms. The normalized spacial score (nSPS) is 16.7. The average Bonchev–Trinajstić information content (AvgIpc) is 3.11. The van der Waals surface area contributed by atoms with Crippen molar-refractivity contribution >= 4 is 11.8 Å². The number of nitrogens with two attached hydrogens (primary N) is 1. The van der Waals surface area contributed by atoms with Crippen molar-refractivity contribution in [3.8, 4) is 5.75 Å². The molecule has 5 nitrogen and oxygen atoms in total. The number of nitrogens with zero attached hydrogens (tertiary/aromatic N) is 1. The third-order valence-corrected chi connectivity index (χ3v) is 4.59. The third kappa shape index (κ3) is 4.18. The van der Waals surface area contributed by atoms with Crippen molar-refractivity contribution in [2.75, 3.05) is 19.7 Å². The molecule has 1 fully saturated rings. The summed E-state index contributed by atoms with van der Waals surface area (Å²) in [6.07, 6.45) is 0.974. The van der Waals surface area contributed by atoms with Crippen LogP contribution in [0.25, 0.3) is 0 Å². The molecule has 25 heavy (non-hydrogen) atoms. The molecule has 0 saturated carbocycles. The number of aryl methyl sites for hydroxylation is 1. The van der Waals surface area contributed by atoms with Gasteiger partial charge in [0, 0.05) is 24.6 Å². The van der Waals surface area contributed by atoms with E-state index in [0.29, 0.717) is 17.2 Å². The minimum atomic E-state index is -0.484. The first-order valence-electron chi connectivity index (χ1n) is 8.40. The second-order valence-corrected chi connectivity index (χ2v) is 6.41. The molecule has 1 unspecified atom stereocenters. The zero-order chi connectivity index (χ0) is 17.8. The summed E-state index contributed by atoms with van der Waals surface area (Å²) in [5.74, 6) is 0.433. The number of primary amides is 1. The Labute approximate surface area is 147 Å². The number of hydrogen-bond acceptors (Lipinski definition) is 3. The van der Waals surface area contributed by atoms with Crippen molar-refractivity contribution in [1.82, 2.24) is 4.90 Å². The lowest BCUT2D eigenvalue weighted by atomic mass is 9.98. The van der Waals surface area contributed by atoms with E-state index in [2.05, 4.69) is 31.2 Å². The lowest BCUT2D eigenvalue weighted by Gasteiger charge is -2.17. The van der Waals surface area contributed by atoms with E-state index in [4.69, 9.17) is 10.5 Å². The minimum absolute atomic E-state index is 0.00344. The van der Waals surface area contributed by atoms with E-state index >= 15 is 0 Å². The van der Waals surface area contributed by atoms with Crippen LogP contribution < -0.4 is 10.5 Å². The Hall–Kier alpha value is -2.82. The van der Waals surface area contributed by atoms with E-state index in [1.807, 2.05) is 4.90 Å². The number of likely N-dealkylation sites (tertiary alicyclic amines) is 1. The van der Waals surface area contributed by atoms with Crippen molar-refractivity contribution in [2.45, 2.75) is 19.3 Å². The lowest BCUT2D eigenvalue weighted by Crippen LogP contribution is -2.32. The Kier molecular flexibility index (Phi) is 5.03. The highest BCUT2D eigenvalue weighted by Gasteiger charge is 2.27. The quantitative estimate of drug-likeness (QED) is 0.910. The van der Waals surface area contributed by atoms with Gasteiger partial charge in [0.2, 0.25) is 5.91 Å². The van der Waals surface area contributed by atoms with Crippen LogP contribution in [0.1, 0.15) is 33.8 Å². The number of ether oxygens (including phenoxy) is 1. The smallest absolute Gasteiger partial charge is 0.260 e. The summed E-state index contributed by atoms with van der Waals surface area (Å²) in [6, 6.07) is 15.0. The summed E-state index contributed by atoms with van der Waals surface area (Å²) in [7, 11) is 0. The highest BCUT2D eigenvalue weighted by Crippen LogP contribution is 2.27. The van der Waals surface area contributed by atoms with E-state index in [1.54, 1.807) is 24.3 Å². The number of carbonyl (C=O) groups is 2. The van der Waals surface area contributed by atoms with Crippen molar-refractivity contribution in [3.05, 3.63) is 65.2 Å². The molecule has 1 aliphatic rings. The average molecular weight is 338 g/mol. The van der Waals surface area contributed by atoms with E-state index in [0.717, 1.165) is 19.5 Å². The summed E-state index contributed by atoms with van der Waals surface area (Å²) in [4.78, 5) is 25.2. The first-order valence-corrected chi connectivity index (χ1v) is 8.40. The van der Waals surface area contributed by atoms with E-state index in [9.17, 15) is 9.59 Å². The molecular weight excluding hydrogens is 316 g/mol. The van der Waals surface area contributed by atoms with Crippen molar-refractivity contribution in [3.63, 3.8) is 0 Å². The number of carbonyl (C=O) groups excluding carboxylic acids is 2. The van der Waals surface area contributed by atoms with Crippen LogP contribution in [0, 0.1) is 6.92 Å². The van der Waals surface area contributed by atoms with Gasteiger partial charge in [0.15, 0.2) is 6.61 Å². The van der Waals surface area contributed by atoms with Gasteiger partial charge in [-0.05, 0) is 43.2 Å². The third-order valence-electron chi connectivity index (χ3n) is 4.59. The van der Waals surface area contributed by atoms with Gasteiger partial charge in [0.1, 0.15) is 5.75 Å². The Morgan fingerprint density at radius 1 is 1.12 bits per heavy atom. The zero-order valence-electron chi connectivity index (χ0n) is 14.3. The summed E-state index contributed by atoms with van der Waals surface area (Å²) in [5.41, 5.74) is 8.14. The molecule has 2 N–H and O–H groups in total. The number of rotatable bonds is 5. The maximum atomic E-state index is 12.4. The number of hydrogen-bond donors (Lipinski definition) is 1. The van der Waals surface area contributed by atoms with Gasteiger partial charge >= 0.3 is 0 Å². The van der Waals surface area contributed by atoms with Gasteiger partial charge < -0.3 is 15.4 Å². The number of amides is 2. The Morgan fingerprint density at radius 2 is 1.80 bits per heavy atom. The molecule has 1 aliphatic heterocycles. The highest BCUT2D eigenvalue weighted by atomic mass is 16.5. The first kappa shape index (κ1) is 17.0. The van der Waals surface area contributed by atoms with Crippen LogP contribution in [0.4, 0.5) is 0 Å². The predicted octanol–water partition coefficient (Wildman–Crippen LogP) is 2.49. The monoisotopic (exact) mass is 338 g/mol. The van der Waals surface area contributed by atoms with Crippen molar-refractivity contribution in [1.29, 1.82) is 0 Å². The van der Waals surface area contributed by atoms with Crippen LogP contribution in [0.5, 0.6) is 5.75 Å². The summed E-state index contributed by atoms with van der Waals surface area (Å²) in [6.45, 7) is 3.55. The van der Waals surface area contributed by atoms with Crippen LogP contribution in [0.2, 0.25) is 0 Å². The second-order valence-electron chi connectivity index (χ2n) is 6.41. The molecule has 1 atom stereocenters. The van der Waals surface area contributed by atoms with Crippen LogP contribution in [0.3, 0.4) is 0 Å². The van der Waals surface area contributed by atoms with Gasteiger partial charge in [-0.25, -0.2) is 0 Å². The van der Waals surface area contributed by atoms with E-state index in [-0.39, 0.29) is 12.5 Å². The molecule has 0 bridgehead atoms. The molecular formula is C20H22N2O3. The van der Waals surface area contributed by atoms with Crippen molar-refractivity contribution in [2.24, 2.45) is 5.73 Å². The summed E-state index contributed by atoms with van der Waals surface area (Å²) < 4.78 is 5.53. The molecule has 0 radical (unpaired) electrons. The lowest BCUT2D eigenvalue weighted by molar-refractivity contribution is -0.132. The highest BCUT2D eigenvalue weighted by molar-refractivity contribution is 5.92. The molecule has 130 valence electrons. The van der Waals surface area contributed by atoms with Crippen molar-refractivity contribution < 1.29 is 14.3 Å². The summed E-state index contributed by atoms with van der Waals surface area (Å²) >= 11 is 0. The van der Waals surface area contributed by atoms with Gasteiger partial charge in [-0.1, -0.05) is 29.8 Å². The molecule has 3 rings (SSSR count). The second kappa shape index (κ2) is 7.38. The van der Waals surface area contributed by atoms with Gasteiger partial charge in [-0.3, -0.25) is 9.59 Å². The zero-order valence-corrected chi connectivity index (χ0v) is 14.3. The van der Waals surface area contributed by atoms with Crippen LogP contribution in [-0.2, 0) is 4.79 Å². The van der Waals surface area contributed by atoms with Gasteiger partial charge in [0.05, 0.1) is 0 Å². The Balaban J connectivity index is 1.52. The first-order chi connectivity index (χ1) is 12.0.